The Balaban J connectivity index is 1.89. The van der Waals surface area contributed by atoms with E-state index in [1.807, 2.05) is 0 Å². The molecule has 10 heteroatoms. The van der Waals surface area contributed by atoms with Gasteiger partial charge in [0.1, 0.15) is 0 Å². The molecule has 2 aromatic carbocycles. The molecule has 3 rings (SSSR count). The van der Waals surface area contributed by atoms with Gasteiger partial charge in [-0.15, -0.1) is 0 Å². The SMILES string of the molecule is COC(=O)c1cc(NS(=O)(=O)c2ccc(N3CCCC3=O)cc2)cc(C(=O)OC)c1. The summed E-state index contributed by atoms with van der Waals surface area (Å²) in [5, 5.41) is 0. The van der Waals surface area contributed by atoms with Crippen LogP contribution in [-0.4, -0.2) is 47.0 Å². The van der Waals surface area contributed by atoms with Crippen LogP contribution in [0.3, 0.4) is 0 Å². The van der Waals surface area contributed by atoms with Crippen molar-refractivity contribution in [3.8, 4) is 0 Å². The molecule has 9 nitrogen and oxygen atoms in total. The van der Waals surface area contributed by atoms with Crippen molar-refractivity contribution in [2.45, 2.75) is 17.7 Å². The van der Waals surface area contributed by atoms with Crippen LogP contribution in [-0.2, 0) is 24.3 Å². The molecule has 0 radical (unpaired) electrons. The van der Waals surface area contributed by atoms with Crippen molar-refractivity contribution in [3.05, 3.63) is 53.6 Å². The van der Waals surface area contributed by atoms with Gasteiger partial charge in [0.15, 0.2) is 0 Å². The second-order valence-electron chi connectivity index (χ2n) is 6.53. The zero-order chi connectivity index (χ0) is 21.9. The highest BCUT2D eigenvalue weighted by molar-refractivity contribution is 7.92. The largest absolute Gasteiger partial charge is 0.465 e. The minimum absolute atomic E-state index is 0.00121. The van der Waals surface area contributed by atoms with E-state index in [9.17, 15) is 22.8 Å². The molecule has 2 aromatic rings. The molecule has 1 amide bonds. The van der Waals surface area contributed by atoms with Crippen LogP contribution in [0.15, 0.2) is 47.4 Å². The first-order valence-electron chi connectivity index (χ1n) is 9.00. The van der Waals surface area contributed by atoms with Gasteiger partial charge in [0.25, 0.3) is 10.0 Å². The topological polar surface area (TPSA) is 119 Å². The third kappa shape index (κ3) is 4.43. The summed E-state index contributed by atoms with van der Waals surface area (Å²) in [6.07, 6.45) is 1.24. The predicted octanol–water partition coefficient (Wildman–Crippen LogP) is 2.19. The monoisotopic (exact) mass is 432 g/mol. The minimum Gasteiger partial charge on any atom is -0.465 e. The zero-order valence-corrected chi connectivity index (χ0v) is 17.2. The van der Waals surface area contributed by atoms with E-state index in [4.69, 9.17) is 0 Å². The summed E-state index contributed by atoms with van der Waals surface area (Å²) in [6, 6.07) is 9.64. The molecule has 30 heavy (non-hydrogen) atoms. The van der Waals surface area contributed by atoms with Gasteiger partial charge in [-0.1, -0.05) is 0 Å². The Morgan fingerprint density at radius 2 is 1.53 bits per heavy atom. The summed E-state index contributed by atoms with van der Waals surface area (Å²) in [6.45, 7) is 0.597. The zero-order valence-electron chi connectivity index (χ0n) is 16.4. The number of amides is 1. The number of methoxy groups -OCH3 is 2. The number of carbonyl (C=O) groups excluding carboxylic acids is 3. The highest BCUT2D eigenvalue weighted by atomic mass is 32.2. The van der Waals surface area contributed by atoms with Crippen LogP contribution in [0.2, 0.25) is 0 Å². The number of carbonyl (C=O) groups is 3. The lowest BCUT2D eigenvalue weighted by molar-refractivity contribution is -0.117. The molecule has 0 aromatic heterocycles. The van der Waals surface area contributed by atoms with Crippen LogP contribution < -0.4 is 9.62 Å². The number of nitrogens with one attached hydrogen (secondary N) is 1. The molecule has 1 saturated heterocycles. The van der Waals surface area contributed by atoms with Crippen molar-refractivity contribution in [1.82, 2.24) is 0 Å². The number of hydrogen-bond donors (Lipinski definition) is 1. The maximum atomic E-state index is 12.8. The molecule has 0 spiro atoms. The number of rotatable bonds is 6. The highest BCUT2D eigenvalue weighted by Crippen LogP contribution is 2.25. The van der Waals surface area contributed by atoms with Gasteiger partial charge >= 0.3 is 11.9 Å². The lowest BCUT2D eigenvalue weighted by Gasteiger charge is -2.16. The first-order chi connectivity index (χ1) is 14.2. The van der Waals surface area contributed by atoms with Crippen LogP contribution in [0.25, 0.3) is 0 Å². The van der Waals surface area contributed by atoms with Crippen molar-refractivity contribution in [2.24, 2.45) is 0 Å². The number of ether oxygens (including phenoxy) is 2. The van der Waals surface area contributed by atoms with Gasteiger partial charge in [-0.05, 0) is 48.9 Å². The summed E-state index contributed by atoms with van der Waals surface area (Å²) in [4.78, 5) is 37.1. The molecule has 0 bridgehead atoms. The Kier molecular flexibility index (Phi) is 6.06. The van der Waals surface area contributed by atoms with E-state index < -0.39 is 22.0 Å². The van der Waals surface area contributed by atoms with Gasteiger partial charge in [-0.25, -0.2) is 18.0 Å². The van der Waals surface area contributed by atoms with Crippen LogP contribution in [0.5, 0.6) is 0 Å². The van der Waals surface area contributed by atoms with E-state index in [-0.39, 0.29) is 27.6 Å². The third-order valence-electron chi connectivity index (χ3n) is 4.56. The summed E-state index contributed by atoms with van der Waals surface area (Å²) in [5.74, 6) is -1.47. The molecular formula is C20H20N2O7S. The third-order valence-corrected chi connectivity index (χ3v) is 5.96. The van der Waals surface area contributed by atoms with E-state index in [0.717, 1.165) is 6.42 Å². The van der Waals surface area contributed by atoms with Crippen molar-refractivity contribution < 1.29 is 32.3 Å². The predicted molar refractivity (Wildman–Crippen MR) is 108 cm³/mol. The number of sulfonamides is 1. The number of benzene rings is 2. The summed E-state index contributed by atoms with van der Waals surface area (Å²) in [5.41, 5.74) is 0.594. The molecular weight excluding hydrogens is 412 g/mol. The van der Waals surface area contributed by atoms with Crippen LogP contribution >= 0.6 is 0 Å². The fraction of sp³-hybridized carbons (Fsp3) is 0.250. The lowest BCUT2D eigenvalue weighted by Crippen LogP contribution is -2.23. The molecule has 1 aliphatic heterocycles. The first kappa shape index (κ1) is 21.3. The van der Waals surface area contributed by atoms with E-state index in [0.29, 0.717) is 18.7 Å². The van der Waals surface area contributed by atoms with Gasteiger partial charge in [0.05, 0.1) is 35.9 Å². The number of esters is 2. The number of nitrogens with zero attached hydrogens (tertiary/aromatic N) is 1. The summed E-state index contributed by atoms with van der Waals surface area (Å²) in [7, 11) is -1.68. The average molecular weight is 432 g/mol. The Labute approximate surface area is 173 Å². The second-order valence-corrected chi connectivity index (χ2v) is 8.21. The number of hydrogen-bond acceptors (Lipinski definition) is 7. The van der Waals surface area contributed by atoms with Crippen LogP contribution in [0.1, 0.15) is 33.6 Å². The standard InChI is InChI=1S/C20H20N2O7S/c1-28-19(24)13-10-14(20(25)29-2)12-15(11-13)21-30(26,27)17-7-5-16(6-8-17)22-9-3-4-18(22)23/h5-8,10-12,21H,3-4,9H2,1-2H3. The average Bonchev–Trinajstić information content (AvgIpc) is 3.17. The maximum Gasteiger partial charge on any atom is 0.337 e. The Morgan fingerprint density at radius 3 is 2.00 bits per heavy atom. The highest BCUT2D eigenvalue weighted by Gasteiger charge is 2.23. The fourth-order valence-corrected chi connectivity index (χ4v) is 4.14. The molecule has 1 fully saturated rings. The van der Waals surface area contributed by atoms with E-state index in [2.05, 4.69) is 14.2 Å². The van der Waals surface area contributed by atoms with Crippen molar-refractivity contribution in [3.63, 3.8) is 0 Å². The normalized spacial score (nSPS) is 13.8. The van der Waals surface area contributed by atoms with Crippen LogP contribution in [0.4, 0.5) is 11.4 Å². The summed E-state index contributed by atoms with van der Waals surface area (Å²) >= 11 is 0. The lowest BCUT2D eigenvalue weighted by atomic mass is 10.1. The molecule has 0 atom stereocenters. The van der Waals surface area contributed by atoms with E-state index in [1.54, 1.807) is 17.0 Å². The van der Waals surface area contributed by atoms with Crippen molar-refractivity contribution in [1.29, 1.82) is 0 Å². The molecule has 158 valence electrons. The van der Waals surface area contributed by atoms with Gasteiger partial charge < -0.3 is 14.4 Å². The molecule has 1 aliphatic rings. The maximum absolute atomic E-state index is 12.8. The molecule has 0 aliphatic carbocycles. The first-order valence-corrected chi connectivity index (χ1v) is 10.5. The second kappa shape index (κ2) is 8.54. The molecule has 0 saturated carbocycles. The fourth-order valence-electron chi connectivity index (χ4n) is 3.10. The minimum atomic E-state index is -4.02. The smallest absolute Gasteiger partial charge is 0.337 e. The summed E-state index contributed by atoms with van der Waals surface area (Å²) < 4.78 is 37.2. The Morgan fingerprint density at radius 1 is 0.967 bits per heavy atom. The molecule has 1 heterocycles. The molecule has 1 N–H and O–H groups in total. The number of anilines is 2. The van der Waals surface area contributed by atoms with Gasteiger partial charge in [0, 0.05) is 18.7 Å². The van der Waals surface area contributed by atoms with E-state index in [1.165, 1.54) is 44.6 Å². The van der Waals surface area contributed by atoms with E-state index >= 15 is 0 Å². The van der Waals surface area contributed by atoms with Gasteiger partial charge in [0.2, 0.25) is 5.91 Å². The van der Waals surface area contributed by atoms with Gasteiger partial charge in [-0.2, -0.15) is 0 Å². The van der Waals surface area contributed by atoms with Crippen molar-refractivity contribution >= 4 is 39.2 Å². The molecule has 0 unspecified atom stereocenters. The van der Waals surface area contributed by atoms with Crippen LogP contribution in [0, 0.1) is 0 Å². The van der Waals surface area contributed by atoms with Gasteiger partial charge in [-0.3, -0.25) is 9.52 Å². The Bertz CT molecular complexity index is 1060. The quantitative estimate of drug-likeness (QED) is 0.695. The van der Waals surface area contributed by atoms with Crippen molar-refractivity contribution in [2.75, 3.05) is 30.4 Å². The Hall–Kier alpha value is -3.40.